The number of benzene rings is 3. The summed E-state index contributed by atoms with van der Waals surface area (Å²) in [6.07, 6.45) is 0.957. The number of nitrogens with zero attached hydrogens (tertiary/aromatic N) is 1. The van der Waals surface area contributed by atoms with E-state index in [4.69, 9.17) is 4.84 Å². The van der Waals surface area contributed by atoms with E-state index in [1.165, 1.54) is 10.5 Å². The fourth-order valence-corrected chi connectivity index (χ4v) is 4.04. The Bertz CT molecular complexity index is 716. The Morgan fingerprint density at radius 2 is 1.33 bits per heavy atom. The van der Waals surface area contributed by atoms with Crippen LogP contribution in [0.2, 0.25) is 0 Å². The lowest BCUT2D eigenvalue weighted by atomic mass is 10.0. The minimum absolute atomic E-state index is 0.109. The van der Waals surface area contributed by atoms with Gasteiger partial charge in [0.1, 0.15) is 5.44 Å². The summed E-state index contributed by atoms with van der Waals surface area (Å²) in [6.45, 7) is 0. The molecule has 3 heteroatoms. The van der Waals surface area contributed by atoms with Gasteiger partial charge < -0.3 is 0 Å². The number of hydrogen-bond acceptors (Lipinski definition) is 3. The van der Waals surface area contributed by atoms with Crippen LogP contribution in [-0.4, -0.2) is 5.44 Å². The molecular weight excluding hydrogens is 314 g/mol. The smallest absolute Gasteiger partial charge is 0.138 e. The maximum Gasteiger partial charge on any atom is 0.138 e. The average molecular weight is 333 g/mol. The first-order valence-electron chi connectivity index (χ1n) is 8.18. The number of rotatable bonds is 4. The molecule has 4 rings (SSSR count). The Hall–Kier alpha value is -2.23. The van der Waals surface area contributed by atoms with Crippen LogP contribution in [0.4, 0.5) is 5.69 Å². The van der Waals surface area contributed by atoms with Gasteiger partial charge in [0.2, 0.25) is 0 Å². The van der Waals surface area contributed by atoms with Crippen LogP contribution in [0.5, 0.6) is 0 Å². The Labute approximate surface area is 147 Å². The lowest BCUT2D eigenvalue weighted by molar-refractivity contribution is 0.138. The van der Waals surface area contributed by atoms with E-state index in [0.29, 0.717) is 0 Å². The lowest BCUT2D eigenvalue weighted by Gasteiger charge is -2.25. The molecule has 0 aromatic heterocycles. The topological polar surface area (TPSA) is 12.5 Å². The van der Waals surface area contributed by atoms with E-state index < -0.39 is 0 Å². The van der Waals surface area contributed by atoms with Crippen LogP contribution in [-0.2, 0) is 4.84 Å². The number of para-hydroxylation sites is 1. The molecule has 1 fully saturated rings. The van der Waals surface area contributed by atoms with Gasteiger partial charge in [-0.15, -0.1) is 0 Å². The molecule has 0 amide bonds. The minimum atomic E-state index is 0.109. The molecule has 0 bridgehead atoms. The highest BCUT2D eigenvalue weighted by Gasteiger charge is 2.35. The van der Waals surface area contributed by atoms with Crippen LogP contribution in [0.1, 0.15) is 18.0 Å². The predicted molar refractivity (Wildman–Crippen MR) is 99.9 cm³/mol. The van der Waals surface area contributed by atoms with Crippen LogP contribution >= 0.6 is 11.8 Å². The van der Waals surface area contributed by atoms with Gasteiger partial charge in [-0.2, -0.15) is 0 Å². The maximum atomic E-state index is 6.31. The van der Waals surface area contributed by atoms with Crippen molar-refractivity contribution >= 4 is 17.4 Å². The Morgan fingerprint density at radius 1 is 0.750 bits per heavy atom. The normalized spacial score (nSPS) is 20.2. The van der Waals surface area contributed by atoms with Crippen molar-refractivity contribution in [1.82, 2.24) is 0 Å². The van der Waals surface area contributed by atoms with E-state index in [1.54, 1.807) is 11.8 Å². The lowest BCUT2D eigenvalue weighted by Crippen LogP contribution is -2.21. The molecule has 0 saturated carbocycles. The first-order valence-corrected chi connectivity index (χ1v) is 9.06. The highest BCUT2D eigenvalue weighted by atomic mass is 32.2. The number of thioether (sulfide) groups is 1. The van der Waals surface area contributed by atoms with Crippen LogP contribution in [0, 0.1) is 0 Å². The molecule has 3 aromatic rings. The molecule has 1 aliphatic rings. The van der Waals surface area contributed by atoms with Crippen LogP contribution < -0.4 is 5.06 Å². The van der Waals surface area contributed by atoms with Crippen molar-refractivity contribution in [2.75, 3.05) is 5.06 Å². The second kappa shape index (κ2) is 7.12. The molecule has 0 N–H and O–H groups in total. The molecule has 1 saturated heterocycles. The van der Waals surface area contributed by atoms with Gasteiger partial charge in [-0.1, -0.05) is 78.5 Å². The van der Waals surface area contributed by atoms with Crippen LogP contribution in [0.25, 0.3) is 0 Å². The summed E-state index contributed by atoms with van der Waals surface area (Å²) in [5, 5.41) is 2.07. The molecule has 3 aromatic carbocycles. The summed E-state index contributed by atoms with van der Waals surface area (Å²) in [7, 11) is 0. The van der Waals surface area contributed by atoms with Crippen molar-refractivity contribution in [3.63, 3.8) is 0 Å². The quantitative estimate of drug-likeness (QED) is 0.609. The second-order valence-electron chi connectivity index (χ2n) is 5.79. The minimum Gasteiger partial charge on any atom is -0.258 e. The third-order valence-electron chi connectivity index (χ3n) is 4.14. The van der Waals surface area contributed by atoms with Gasteiger partial charge in [0, 0.05) is 11.3 Å². The zero-order chi connectivity index (χ0) is 16.2. The van der Waals surface area contributed by atoms with E-state index >= 15 is 0 Å². The van der Waals surface area contributed by atoms with E-state index in [1.807, 2.05) is 12.1 Å². The largest absolute Gasteiger partial charge is 0.258 e. The summed E-state index contributed by atoms with van der Waals surface area (Å²) in [5.74, 6) is 0. The second-order valence-corrected chi connectivity index (χ2v) is 7.02. The zero-order valence-electron chi connectivity index (χ0n) is 13.3. The van der Waals surface area contributed by atoms with Gasteiger partial charge in [-0.3, -0.25) is 4.84 Å². The average Bonchev–Trinajstić information content (AvgIpc) is 3.08. The summed E-state index contributed by atoms with van der Waals surface area (Å²) < 4.78 is 0. The first kappa shape index (κ1) is 15.3. The highest BCUT2D eigenvalue weighted by Crippen LogP contribution is 2.43. The predicted octanol–water partition coefficient (Wildman–Crippen LogP) is 5.69. The van der Waals surface area contributed by atoms with Crippen molar-refractivity contribution < 1.29 is 4.84 Å². The zero-order valence-corrected chi connectivity index (χ0v) is 14.1. The molecule has 120 valence electrons. The molecule has 1 heterocycles. The Morgan fingerprint density at radius 3 is 2.00 bits per heavy atom. The van der Waals surface area contributed by atoms with E-state index in [9.17, 15) is 0 Å². The fraction of sp³-hybridized carbons (Fsp3) is 0.143. The molecular formula is C21H19NOS. The van der Waals surface area contributed by atoms with Crippen molar-refractivity contribution in [3.8, 4) is 0 Å². The standard InChI is InChI=1S/C21H19NOS/c1-4-10-17(11-5-1)20-16-21(24-19-14-8-3-9-15-19)23-22(20)18-12-6-2-7-13-18/h1-15,20-21H,16H2/t20-,21-/m1/s1. The molecule has 2 atom stereocenters. The van der Waals surface area contributed by atoms with Gasteiger partial charge >= 0.3 is 0 Å². The van der Waals surface area contributed by atoms with Crippen LogP contribution in [0.15, 0.2) is 95.9 Å². The molecule has 0 aliphatic carbocycles. The van der Waals surface area contributed by atoms with Crippen molar-refractivity contribution in [1.29, 1.82) is 0 Å². The van der Waals surface area contributed by atoms with E-state index in [-0.39, 0.29) is 11.5 Å². The van der Waals surface area contributed by atoms with Gasteiger partial charge in [0.05, 0.1) is 11.7 Å². The van der Waals surface area contributed by atoms with Gasteiger partial charge in [-0.05, 0) is 29.8 Å². The first-order chi connectivity index (χ1) is 11.9. The van der Waals surface area contributed by atoms with Crippen molar-refractivity contribution in [2.45, 2.75) is 22.8 Å². The van der Waals surface area contributed by atoms with Crippen molar-refractivity contribution in [3.05, 3.63) is 96.6 Å². The van der Waals surface area contributed by atoms with Gasteiger partial charge in [0.25, 0.3) is 0 Å². The number of hydroxylamine groups is 1. The summed E-state index contributed by atoms with van der Waals surface area (Å²) in [4.78, 5) is 7.55. The Kier molecular flexibility index (Phi) is 4.54. The highest BCUT2D eigenvalue weighted by molar-refractivity contribution is 7.99. The summed E-state index contributed by atoms with van der Waals surface area (Å²) >= 11 is 1.78. The third kappa shape index (κ3) is 3.32. The molecule has 1 aliphatic heterocycles. The monoisotopic (exact) mass is 333 g/mol. The summed E-state index contributed by atoms with van der Waals surface area (Å²) in [6, 6.07) is 31.6. The maximum absolute atomic E-state index is 6.31. The summed E-state index contributed by atoms with van der Waals surface area (Å²) in [5.41, 5.74) is 2.50. The van der Waals surface area contributed by atoms with Gasteiger partial charge in [-0.25, -0.2) is 5.06 Å². The molecule has 2 nitrogen and oxygen atoms in total. The fourth-order valence-electron chi connectivity index (χ4n) is 3.00. The Balaban J connectivity index is 1.60. The number of hydrogen-bond donors (Lipinski definition) is 0. The number of anilines is 1. The SMILES string of the molecule is c1ccc(S[C@@H]2C[C@H](c3ccccc3)N(c3ccccc3)O2)cc1. The molecule has 0 spiro atoms. The van der Waals surface area contributed by atoms with Gasteiger partial charge in [0.15, 0.2) is 0 Å². The van der Waals surface area contributed by atoms with E-state index in [0.717, 1.165) is 12.1 Å². The molecule has 0 radical (unpaired) electrons. The van der Waals surface area contributed by atoms with Crippen LogP contribution in [0.3, 0.4) is 0 Å². The molecule has 24 heavy (non-hydrogen) atoms. The van der Waals surface area contributed by atoms with Crippen molar-refractivity contribution in [2.24, 2.45) is 0 Å². The van der Waals surface area contributed by atoms with E-state index in [2.05, 4.69) is 83.9 Å². The molecule has 0 unspecified atom stereocenters. The third-order valence-corrected chi connectivity index (χ3v) is 5.22.